The highest BCUT2D eigenvalue weighted by molar-refractivity contribution is 5.72. The molecular formula is C16H24N2O4. The minimum atomic E-state index is -0.959. The standard InChI is InChI=1S/C16H24N2O4/c1-3-13(16(21)22)18-10-15(20)14(19)8-12(18)9-17-6-4-11(2)5-7-17/h8,10-11,13,20H,3-7,9H2,1-2H3,(H,21,22). The van der Waals surface area contributed by atoms with E-state index in [1.165, 1.54) is 16.8 Å². The van der Waals surface area contributed by atoms with Crippen molar-refractivity contribution >= 4 is 5.97 Å². The highest BCUT2D eigenvalue weighted by Crippen LogP contribution is 2.21. The Morgan fingerprint density at radius 2 is 2.05 bits per heavy atom. The maximum absolute atomic E-state index is 11.7. The molecule has 0 aliphatic carbocycles. The Labute approximate surface area is 130 Å². The number of carbonyl (C=O) groups is 1. The summed E-state index contributed by atoms with van der Waals surface area (Å²) in [5.74, 6) is -0.657. The Morgan fingerprint density at radius 1 is 1.41 bits per heavy atom. The molecule has 122 valence electrons. The molecule has 22 heavy (non-hydrogen) atoms. The van der Waals surface area contributed by atoms with Crippen molar-refractivity contribution in [2.24, 2.45) is 5.92 Å². The second kappa shape index (κ2) is 6.96. The normalized spacial score (nSPS) is 18.3. The molecule has 1 aromatic heterocycles. The molecule has 6 heteroatoms. The second-order valence-electron chi connectivity index (χ2n) is 6.14. The molecule has 1 aliphatic heterocycles. The van der Waals surface area contributed by atoms with Crippen molar-refractivity contribution in [2.75, 3.05) is 13.1 Å². The fourth-order valence-electron chi connectivity index (χ4n) is 2.94. The van der Waals surface area contributed by atoms with Gasteiger partial charge in [0.25, 0.3) is 0 Å². The van der Waals surface area contributed by atoms with Crippen molar-refractivity contribution in [2.45, 2.75) is 45.7 Å². The predicted molar refractivity (Wildman–Crippen MR) is 83.0 cm³/mol. The van der Waals surface area contributed by atoms with Gasteiger partial charge in [0.15, 0.2) is 5.75 Å². The Bertz CT molecular complexity index is 588. The average Bonchev–Trinajstić information content (AvgIpc) is 2.46. The topological polar surface area (TPSA) is 82.8 Å². The van der Waals surface area contributed by atoms with E-state index in [0.29, 0.717) is 24.6 Å². The summed E-state index contributed by atoms with van der Waals surface area (Å²) in [5, 5.41) is 19.0. The van der Waals surface area contributed by atoms with Crippen LogP contribution in [0, 0.1) is 5.92 Å². The van der Waals surface area contributed by atoms with E-state index in [4.69, 9.17) is 0 Å². The van der Waals surface area contributed by atoms with Crippen LogP contribution in [0.2, 0.25) is 0 Å². The SMILES string of the molecule is CCC(C(=O)O)n1cc(O)c(=O)cc1CN1CCC(C)CC1. The number of aromatic hydroxyl groups is 1. The Balaban J connectivity index is 2.30. The Morgan fingerprint density at radius 3 is 2.59 bits per heavy atom. The summed E-state index contributed by atoms with van der Waals surface area (Å²) in [5.41, 5.74) is 0.184. The molecule has 1 aliphatic rings. The van der Waals surface area contributed by atoms with Gasteiger partial charge in [-0.15, -0.1) is 0 Å². The first-order valence-corrected chi connectivity index (χ1v) is 7.81. The third-order valence-corrected chi connectivity index (χ3v) is 4.41. The van der Waals surface area contributed by atoms with E-state index in [-0.39, 0.29) is 0 Å². The summed E-state index contributed by atoms with van der Waals surface area (Å²) in [6.07, 6.45) is 3.87. The van der Waals surface area contributed by atoms with Crippen molar-refractivity contribution in [3.8, 4) is 5.75 Å². The smallest absolute Gasteiger partial charge is 0.326 e. The van der Waals surface area contributed by atoms with Gasteiger partial charge in [0, 0.05) is 18.3 Å². The molecule has 1 unspecified atom stereocenters. The van der Waals surface area contributed by atoms with E-state index < -0.39 is 23.2 Å². The highest BCUT2D eigenvalue weighted by Gasteiger charge is 2.23. The van der Waals surface area contributed by atoms with Gasteiger partial charge in [-0.1, -0.05) is 13.8 Å². The van der Waals surface area contributed by atoms with Crippen molar-refractivity contribution in [3.05, 3.63) is 28.2 Å². The van der Waals surface area contributed by atoms with Gasteiger partial charge in [0.2, 0.25) is 5.43 Å². The monoisotopic (exact) mass is 308 g/mol. The van der Waals surface area contributed by atoms with E-state index in [9.17, 15) is 19.8 Å². The number of aliphatic carboxylic acids is 1. The van der Waals surface area contributed by atoms with Crippen LogP contribution in [0.5, 0.6) is 5.75 Å². The molecule has 0 saturated carbocycles. The van der Waals surface area contributed by atoms with Crippen molar-refractivity contribution in [3.63, 3.8) is 0 Å². The van der Waals surface area contributed by atoms with Crippen LogP contribution in [-0.2, 0) is 11.3 Å². The molecule has 2 rings (SSSR count). The van der Waals surface area contributed by atoms with Gasteiger partial charge in [0.1, 0.15) is 6.04 Å². The number of hydrogen-bond donors (Lipinski definition) is 2. The molecular weight excluding hydrogens is 284 g/mol. The maximum Gasteiger partial charge on any atom is 0.326 e. The summed E-state index contributed by atoms with van der Waals surface area (Å²) in [6, 6.07) is 0.587. The van der Waals surface area contributed by atoms with E-state index in [1.807, 2.05) is 0 Å². The zero-order chi connectivity index (χ0) is 16.3. The number of aromatic nitrogens is 1. The Hall–Kier alpha value is -1.82. The lowest BCUT2D eigenvalue weighted by Crippen LogP contribution is -2.34. The number of hydrogen-bond acceptors (Lipinski definition) is 4. The van der Waals surface area contributed by atoms with E-state index in [2.05, 4.69) is 11.8 Å². The molecule has 6 nitrogen and oxygen atoms in total. The van der Waals surface area contributed by atoms with Crippen LogP contribution in [0.15, 0.2) is 17.1 Å². The molecule has 0 amide bonds. The first-order valence-electron chi connectivity index (χ1n) is 7.81. The van der Waals surface area contributed by atoms with Crippen molar-refractivity contribution in [1.29, 1.82) is 0 Å². The fourth-order valence-corrected chi connectivity index (χ4v) is 2.94. The van der Waals surface area contributed by atoms with Crippen LogP contribution in [0.3, 0.4) is 0 Å². The van der Waals surface area contributed by atoms with Crippen LogP contribution in [0.1, 0.15) is 44.8 Å². The zero-order valence-corrected chi connectivity index (χ0v) is 13.2. The third kappa shape index (κ3) is 3.68. The number of rotatable bonds is 5. The van der Waals surface area contributed by atoms with Gasteiger partial charge in [-0.2, -0.15) is 0 Å². The number of carboxylic acids is 1. The van der Waals surface area contributed by atoms with Crippen LogP contribution in [-0.4, -0.2) is 38.7 Å². The summed E-state index contributed by atoms with van der Waals surface area (Å²) in [7, 11) is 0. The largest absolute Gasteiger partial charge is 0.503 e. The van der Waals surface area contributed by atoms with Gasteiger partial charge in [0.05, 0.1) is 6.20 Å². The number of pyridine rings is 1. The van der Waals surface area contributed by atoms with Crippen LogP contribution in [0.4, 0.5) is 0 Å². The number of piperidine rings is 1. The number of likely N-dealkylation sites (tertiary alicyclic amines) is 1. The summed E-state index contributed by atoms with van der Waals surface area (Å²) < 4.78 is 1.52. The molecule has 0 bridgehead atoms. The molecule has 1 saturated heterocycles. The molecule has 1 aromatic rings. The minimum absolute atomic E-state index is 0.391. The highest BCUT2D eigenvalue weighted by atomic mass is 16.4. The van der Waals surface area contributed by atoms with Crippen LogP contribution >= 0.6 is 0 Å². The van der Waals surface area contributed by atoms with E-state index in [0.717, 1.165) is 25.9 Å². The van der Waals surface area contributed by atoms with Crippen LogP contribution in [0.25, 0.3) is 0 Å². The number of nitrogens with zero attached hydrogens (tertiary/aromatic N) is 2. The molecule has 0 spiro atoms. The summed E-state index contributed by atoms with van der Waals surface area (Å²) in [4.78, 5) is 25.4. The van der Waals surface area contributed by atoms with Crippen LogP contribution < -0.4 is 5.43 Å². The summed E-state index contributed by atoms with van der Waals surface area (Å²) >= 11 is 0. The molecule has 2 heterocycles. The number of carboxylic acid groups (broad SMARTS) is 1. The minimum Gasteiger partial charge on any atom is -0.503 e. The second-order valence-corrected chi connectivity index (χ2v) is 6.14. The first kappa shape index (κ1) is 16.5. The maximum atomic E-state index is 11.7. The van der Waals surface area contributed by atoms with Gasteiger partial charge in [-0.3, -0.25) is 9.69 Å². The van der Waals surface area contributed by atoms with Gasteiger partial charge in [-0.25, -0.2) is 4.79 Å². The fraction of sp³-hybridized carbons (Fsp3) is 0.625. The van der Waals surface area contributed by atoms with E-state index >= 15 is 0 Å². The molecule has 2 N–H and O–H groups in total. The lowest BCUT2D eigenvalue weighted by atomic mass is 9.99. The van der Waals surface area contributed by atoms with Crippen molar-refractivity contribution in [1.82, 2.24) is 9.47 Å². The lowest BCUT2D eigenvalue weighted by Gasteiger charge is -2.31. The van der Waals surface area contributed by atoms with Gasteiger partial charge >= 0.3 is 5.97 Å². The quantitative estimate of drug-likeness (QED) is 0.867. The predicted octanol–water partition coefficient (Wildman–Crippen LogP) is 1.82. The van der Waals surface area contributed by atoms with E-state index in [1.54, 1.807) is 6.92 Å². The lowest BCUT2D eigenvalue weighted by molar-refractivity contribution is -0.141. The molecule has 1 fully saturated rings. The first-order chi connectivity index (χ1) is 10.4. The molecule has 1 atom stereocenters. The average molecular weight is 308 g/mol. The summed E-state index contributed by atoms with van der Waals surface area (Å²) in [6.45, 7) is 6.43. The third-order valence-electron chi connectivity index (χ3n) is 4.41. The van der Waals surface area contributed by atoms with Gasteiger partial charge < -0.3 is 14.8 Å². The van der Waals surface area contributed by atoms with Crippen molar-refractivity contribution < 1.29 is 15.0 Å². The Kier molecular flexibility index (Phi) is 5.24. The molecule has 0 radical (unpaired) electrons. The van der Waals surface area contributed by atoms with Gasteiger partial charge in [-0.05, 0) is 38.3 Å². The molecule has 0 aromatic carbocycles. The zero-order valence-electron chi connectivity index (χ0n) is 13.2.